The van der Waals surface area contributed by atoms with Gasteiger partial charge in [-0.25, -0.2) is 9.37 Å². The molecule has 0 bridgehead atoms. The Hall–Kier alpha value is -2.15. The molecule has 2 heterocycles. The van der Waals surface area contributed by atoms with Crippen molar-refractivity contribution in [1.82, 2.24) is 19.7 Å². The summed E-state index contributed by atoms with van der Waals surface area (Å²) in [6.07, 6.45) is 1.25. The highest BCUT2D eigenvalue weighted by Gasteiger charge is 2.18. The average molecular weight is 311 g/mol. The number of ether oxygens (including phenoxy) is 1. The maximum atomic E-state index is 13.8. The summed E-state index contributed by atoms with van der Waals surface area (Å²) in [5, 5.41) is 3.43. The topological polar surface area (TPSA) is 66.0 Å². The molecule has 0 amide bonds. The molecule has 0 aliphatic rings. The predicted octanol–water partition coefficient (Wildman–Crippen LogP) is 2.92. The minimum atomic E-state index is -0.469. The molecule has 1 aromatic carbocycles. The quantitative estimate of drug-likeness (QED) is 0.693. The second-order valence-electron chi connectivity index (χ2n) is 4.50. The van der Waals surface area contributed by atoms with Gasteiger partial charge in [-0.2, -0.15) is 4.98 Å². The summed E-state index contributed by atoms with van der Waals surface area (Å²) >= 11 is 6.16. The van der Waals surface area contributed by atoms with Gasteiger partial charge >= 0.3 is 0 Å². The molecule has 8 heteroatoms. The molecule has 110 valence electrons. The molecular formula is C13H12ClFN4O2. The molecule has 2 aromatic heterocycles. The summed E-state index contributed by atoms with van der Waals surface area (Å²) in [5.41, 5.74) is 1.19. The predicted molar refractivity (Wildman–Crippen MR) is 73.9 cm³/mol. The molecule has 0 spiro atoms. The Morgan fingerprint density at radius 1 is 1.48 bits per heavy atom. The van der Waals surface area contributed by atoms with Crippen LogP contribution in [0.1, 0.15) is 23.9 Å². The molecule has 0 saturated heterocycles. The van der Waals surface area contributed by atoms with Crippen LogP contribution >= 0.6 is 11.6 Å². The number of alkyl halides is 1. The van der Waals surface area contributed by atoms with Crippen molar-refractivity contribution >= 4 is 22.6 Å². The number of fused-ring (bicyclic) bond motifs is 1. The zero-order valence-electron chi connectivity index (χ0n) is 11.4. The summed E-state index contributed by atoms with van der Waals surface area (Å²) in [4.78, 5) is 8.36. The first kappa shape index (κ1) is 13.8. The molecule has 0 aliphatic heterocycles. The first-order chi connectivity index (χ1) is 10.1. The lowest BCUT2D eigenvalue weighted by molar-refractivity contribution is 0.387. The van der Waals surface area contributed by atoms with Crippen LogP contribution in [0, 0.1) is 5.82 Å². The molecular weight excluding hydrogens is 299 g/mol. The Morgan fingerprint density at radius 3 is 2.90 bits per heavy atom. The van der Waals surface area contributed by atoms with Crippen molar-refractivity contribution in [2.24, 2.45) is 0 Å². The number of aromatic nitrogens is 4. The van der Waals surface area contributed by atoms with E-state index in [1.54, 1.807) is 13.0 Å². The van der Waals surface area contributed by atoms with Crippen molar-refractivity contribution in [1.29, 1.82) is 0 Å². The van der Waals surface area contributed by atoms with Gasteiger partial charge in [0, 0.05) is 12.1 Å². The fourth-order valence-corrected chi connectivity index (χ4v) is 2.34. The van der Waals surface area contributed by atoms with Crippen molar-refractivity contribution < 1.29 is 13.7 Å². The van der Waals surface area contributed by atoms with E-state index in [2.05, 4.69) is 15.1 Å². The molecule has 3 aromatic rings. The number of benzene rings is 1. The normalized spacial score (nSPS) is 12.8. The number of hydrogen-bond acceptors (Lipinski definition) is 5. The van der Waals surface area contributed by atoms with Crippen molar-refractivity contribution in [3.63, 3.8) is 0 Å². The third-order valence-corrected chi connectivity index (χ3v) is 3.31. The number of nitrogens with zero attached hydrogens (tertiary/aromatic N) is 4. The molecule has 0 N–H and O–H groups in total. The highest BCUT2D eigenvalue weighted by Crippen LogP contribution is 2.29. The van der Waals surface area contributed by atoms with E-state index in [1.807, 2.05) is 4.57 Å². The van der Waals surface area contributed by atoms with E-state index in [0.29, 0.717) is 29.2 Å². The van der Waals surface area contributed by atoms with Crippen LogP contribution in [0.3, 0.4) is 0 Å². The van der Waals surface area contributed by atoms with Crippen LogP contribution < -0.4 is 4.74 Å². The molecule has 21 heavy (non-hydrogen) atoms. The first-order valence-electron chi connectivity index (χ1n) is 6.23. The number of halogens is 2. The average Bonchev–Trinajstić information content (AvgIpc) is 3.06. The highest BCUT2D eigenvalue weighted by atomic mass is 35.5. The van der Waals surface area contributed by atoms with Crippen molar-refractivity contribution in [2.45, 2.75) is 18.8 Å². The molecule has 3 rings (SSSR count). The third kappa shape index (κ3) is 2.44. The Bertz CT molecular complexity index is 770. The zero-order valence-corrected chi connectivity index (χ0v) is 12.1. The molecule has 0 radical (unpaired) electrons. The van der Waals surface area contributed by atoms with Crippen molar-refractivity contribution in [3.05, 3.63) is 36.0 Å². The lowest BCUT2D eigenvalue weighted by Gasteiger charge is -2.08. The van der Waals surface area contributed by atoms with E-state index in [-0.39, 0.29) is 11.1 Å². The van der Waals surface area contributed by atoms with Gasteiger partial charge in [0.1, 0.15) is 5.82 Å². The SMILES string of the molecule is COc1cc2c(cc1F)nc(C(C)Cl)n2Cc1ncon1. The van der Waals surface area contributed by atoms with Gasteiger partial charge in [0.05, 0.1) is 30.1 Å². The summed E-state index contributed by atoms with van der Waals surface area (Å²) in [5.74, 6) is 0.758. The Labute approximate surface area is 124 Å². The van der Waals surface area contributed by atoms with Crippen LogP contribution in [0.2, 0.25) is 0 Å². The summed E-state index contributed by atoms with van der Waals surface area (Å²) in [7, 11) is 1.41. The van der Waals surface area contributed by atoms with Gasteiger partial charge in [0.25, 0.3) is 0 Å². The van der Waals surface area contributed by atoms with E-state index in [9.17, 15) is 4.39 Å². The van der Waals surface area contributed by atoms with Gasteiger partial charge < -0.3 is 13.8 Å². The molecule has 6 nitrogen and oxygen atoms in total. The van der Waals surface area contributed by atoms with E-state index >= 15 is 0 Å². The monoisotopic (exact) mass is 310 g/mol. The zero-order chi connectivity index (χ0) is 15.0. The van der Waals surface area contributed by atoms with Crippen LogP contribution in [-0.2, 0) is 6.54 Å². The van der Waals surface area contributed by atoms with E-state index in [4.69, 9.17) is 20.9 Å². The van der Waals surface area contributed by atoms with E-state index in [1.165, 1.54) is 19.6 Å². The number of rotatable bonds is 4. The lowest BCUT2D eigenvalue weighted by Crippen LogP contribution is -2.07. The van der Waals surface area contributed by atoms with Gasteiger partial charge in [0.15, 0.2) is 17.4 Å². The van der Waals surface area contributed by atoms with Crippen LogP contribution in [0.15, 0.2) is 23.0 Å². The van der Waals surface area contributed by atoms with Crippen LogP contribution in [0.25, 0.3) is 11.0 Å². The molecule has 0 saturated carbocycles. The minimum Gasteiger partial charge on any atom is -0.494 e. The lowest BCUT2D eigenvalue weighted by atomic mass is 10.3. The molecule has 0 aliphatic carbocycles. The van der Waals surface area contributed by atoms with Crippen LogP contribution in [-0.4, -0.2) is 26.8 Å². The maximum Gasteiger partial charge on any atom is 0.213 e. The van der Waals surface area contributed by atoms with Gasteiger partial charge in [-0.15, -0.1) is 11.6 Å². The van der Waals surface area contributed by atoms with Gasteiger partial charge in [0.2, 0.25) is 6.39 Å². The third-order valence-electron chi connectivity index (χ3n) is 3.11. The first-order valence-corrected chi connectivity index (χ1v) is 6.66. The summed E-state index contributed by atoms with van der Waals surface area (Å²) in [6, 6.07) is 2.91. The number of methoxy groups -OCH3 is 1. The molecule has 1 unspecified atom stereocenters. The second kappa shape index (κ2) is 5.33. The summed E-state index contributed by atoms with van der Waals surface area (Å²) in [6.45, 7) is 2.12. The fraction of sp³-hybridized carbons (Fsp3) is 0.308. The maximum absolute atomic E-state index is 13.8. The van der Waals surface area contributed by atoms with Gasteiger partial charge in [-0.3, -0.25) is 0 Å². The van der Waals surface area contributed by atoms with E-state index < -0.39 is 5.82 Å². The van der Waals surface area contributed by atoms with Crippen LogP contribution in [0.5, 0.6) is 5.75 Å². The highest BCUT2D eigenvalue weighted by molar-refractivity contribution is 6.20. The van der Waals surface area contributed by atoms with Gasteiger partial charge in [-0.05, 0) is 6.92 Å². The Balaban J connectivity index is 2.20. The molecule has 1 atom stereocenters. The summed E-state index contributed by atoms with van der Waals surface area (Å²) < 4.78 is 25.4. The number of imidazole rings is 1. The van der Waals surface area contributed by atoms with Crippen LogP contribution in [0.4, 0.5) is 4.39 Å². The van der Waals surface area contributed by atoms with Crippen molar-refractivity contribution in [2.75, 3.05) is 7.11 Å². The molecule has 0 fully saturated rings. The minimum absolute atomic E-state index is 0.144. The standard InChI is InChI=1S/C13H12ClFN4O2/c1-7(14)13-17-9-3-8(15)11(20-2)4-10(9)19(13)5-12-16-6-21-18-12/h3-4,6-7H,5H2,1-2H3. The van der Waals surface area contributed by atoms with Crippen molar-refractivity contribution in [3.8, 4) is 5.75 Å². The Morgan fingerprint density at radius 2 is 2.29 bits per heavy atom. The number of hydrogen-bond donors (Lipinski definition) is 0. The van der Waals surface area contributed by atoms with Gasteiger partial charge in [-0.1, -0.05) is 5.16 Å². The largest absolute Gasteiger partial charge is 0.494 e. The Kier molecular flexibility index (Phi) is 3.50. The second-order valence-corrected chi connectivity index (χ2v) is 5.15. The fourth-order valence-electron chi connectivity index (χ4n) is 2.17. The van der Waals surface area contributed by atoms with E-state index in [0.717, 1.165) is 0 Å². The smallest absolute Gasteiger partial charge is 0.213 e.